The van der Waals surface area contributed by atoms with Crippen LogP contribution in [0.2, 0.25) is 0 Å². The Bertz CT molecular complexity index is 554. The van der Waals surface area contributed by atoms with Gasteiger partial charge in [0.15, 0.2) is 0 Å². The summed E-state index contributed by atoms with van der Waals surface area (Å²) >= 11 is 3.46. The molecule has 2 nitrogen and oxygen atoms in total. The fourth-order valence-electron chi connectivity index (χ4n) is 2.04. The number of hydrogen-bond acceptors (Lipinski definition) is 2. The monoisotopic (exact) mass is 319 g/mol. The molecule has 0 saturated heterocycles. The molecule has 0 spiro atoms. The van der Waals surface area contributed by atoms with Crippen LogP contribution in [0.3, 0.4) is 0 Å². The van der Waals surface area contributed by atoms with E-state index in [4.69, 9.17) is 4.74 Å². The summed E-state index contributed by atoms with van der Waals surface area (Å²) in [4.78, 5) is 0. The first-order valence-electron chi connectivity index (χ1n) is 6.38. The molecule has 1 N–H and O–H groups in total. The highest BCUT2D eigenvalue weighted by Gasteiger charge is 2.03. The Kier molecular flexibility index (Phi) is 4.86. The summed E-state index contributed by atoms with van der Waals surface area (Å²) in [7, 11) is 1.68. The van der Waals surface area contributed by atoms with E-state index in [0.717, 1.165) is 28.9 Å². The third-order valence-corrected chi connectivity index (χ3v) is 3.79. The Morgan fingerprint density at radius 3 is 2.53 bits per heavy atom. The maximum absolute atomic E-state index is 5.30. The van der Waals surface area contributed by atoms with Gasteiger partial charge in [-0.3, -0.25) is 0 Å². The average Bonchev–Trinajstić information content (AvgIpc) is 2.46. The molecule has 0 aliphatic rings. The molecule has 0 aliphatic heterocycles. The molecular formula is C16H18BrNO. The van der Waals surface area contributed by atoms with Crippen molar-refractivity contribution in [3.8, 4) is 5.75 Å². The van der Waals surface area contributed by atoms with Gasteiger partial charge in [0.05, 0.1) is 11.6 Å². The second kappa shape index (κ2) is 6.62. The van der Waals surface area contributed by atoms with E-state index in [-0.39, 0.29) is 0 Å². The molecule has 0 aromatic heterocycles. The van der Waals surface area contributed by atoms with Gasteiger partial charge in [0.2, 0.25) is 0 Å². The predicted octanol–water partition coefficient (Wildman–Crippen LogP) is 4.63. The fourth-order valence-corrected chi connectivity index (χ4v) is 2.45. The molecule has 2 aromatic carbocycles. The molecule has 0 unspecified atom stereocenters. The molecule has 0 amide bonds. The van der Waals surface area contributed by atoms with Crippen molar-refractivity contribution in [2.45, 2.75) is 19.9 Å². The minimum absolute atomic E-state index is 0.828. The van der Waals surface area contributed by atoms with Crippen LogP contribution in [0.1, 0.15) is 18.1 Å². The van der Waals surface area contributed by atoms with E-state index < -0.39 is 0 Å². The van der Waals surface area contributed by atoms with Crippen LogP contribution in [0.25, 0.3) is 0 Å². The zero-order valence-corrected chi connectivity index (χ0v) is 12.8. The summed E-state index contributed by atoms with van der Waals surface area (Å²) in [5.41, 5.74) is 3.79. The van der Waals surface area contributed by atoms with Gasteiger partial charge in [0.1, 0.15) is 5.75 Å². The summed E-state index contributed by atoms with van der Waals surface area (Å²) in [6.45, 7) is 3.01. The first-order valence-corrected chi connectivity index (χ1v) is 7.18. The topological polar surface area (TPSA) is 21.3 Å². The molecule has 100 valence electrons. The van der Waals surface area contributed by atoms with Crippen LogP contribution >= 0.6 is 15.9 Å². The van der Waals surface area contributed by atoms with E-state index in [2.05, 4.69) is 52.4 Å². The standard InChI is InChI=1S/C16H18BrNO/c1-3-12-6-4-5-7-13(12)11-18-14-8-9-15(17)16(10-14)19-2/h4-10,18H,3,11H2,1-2H3. The Labute approximate surface area is 122 Å². The molecule has 0 aliphatic carbocycles. The average molecular weight is 320 g/mol. The van der Waals surface area contributed by atoms with Crippen molar-refractivity contribution in [2.24, 2.45) is 0 Å². The summed E-state index contributed by atoms with van der Waals surface area (Å²) in [6, 6.07) is 14.6. The van der Waals surface area contributed by atoms with E-state index in [1.165, 1.54) is 11.1 Å². The third kappa shape index (κ3) is 3.51. The highest BCUT2D eigenvalue weighted by Crippen LogP contribution is 2.28. The molecular weight excluding hydrogens is 302 g/mol. The van der Waals surface area contributed by atoms with Crippen molar-refractivity contribution in [1.29, 1.82) is 0 Å². The van der Waals surface area contributed by atoms with Gasteiger partial charge in [-0.1, -0.05) is 31.2 Å². The van der Waals surface area contributed by atoms with E-state index in [0.29, 0.717) is 0 Å². The molecule has 0 radical (unpaired) electrons. The lowest BCUT2D eigenvalue weighted by Gasteiger charge is -2.12. The van der Waals surface area contributed by atoms with Crippen LogP contribution in [0.15, 0.2) is 46.9 Å². The van der Waals surface area contributed by atoms with Crippen molar-refractivity contribution in [1.82, 2.24) is 0 Å². The third-order valence-electron chi connectivity index (χ3n) is 3.13. The second-order valence-electron chi connectivity index (χ2n) is 4.33. The number of benzene rings is 2. The lowest BCUT2D eigenvalue weighted by Crippen LogP contribution is -2.02. The van der Waals surface area contributed by atoms with Gasteiger partial charge in [-0.25, -0.2) is 0 Å². The minimum atomic E-state index is 0.828. The lowest BCUT2D eigenvalue weighted by molar-refractivity contribution is 0.412. The maximum Gasteiger partial charge on any atom is 0.135 e. The first-order chi connectivity index (χ1) is 9.24. The van der Waals surface area contributed by atoms with Crippen LogP contribution in [0.5, 0.6) is 5.75 Å². The quantitative estimate of drug-likeness (QED) is 0.867. The van der Waals surface area contributed by atoms with Crippen LogP contribution < -0.4 is 10.1 Å². The fraction of sp³-hybridized carbons (Fsp3) is 0.250. The van der Waals surface area contributed by atoms with Crippen LogP contribution in [-0.2, 0) is 13.0 Å². The number of hydrogen-bond donors (Lipinski definition) is 1. The van der Waals surface area contributed by atoms with E-state index >= 15 is 0 Å². The molecule has 0 bridgehead atoms. The molecule has 2 aromatic rings. The van der Waals surface area contributed by atoms with Crippen LogP contribution in [0.4, 0.5) is 5.69 Å². The number of halogens is 1. The Morgan fingerprint density at radius 2 is 1.84 bits per heavy atom. The Hall–Kier alpha value is -1.48. The van der Waals surface area contributed by atoms with E-state index in [9.17, 15) is 0 Å². The SMILES string of the molecule is CCc1ccccc1CNc1ccc(Br)c(OC)c1. The zero-order chi connectivity index (χ0) is 13.7. The van der Waals surface area contributed by atoms with Crippen molar-refractivity contribution in [3.63, 3.8) is 0 Å². The molecule has 19 heavy (non-hydrogen) atoms. The number of rotatable bonds is 5. The Morgan fingerprint density at radius 1 is 1.11 bits per heavy atom. The van der Waals surface area contributed by atoms with Crippen molar-refractivity contribution in [2.75, 3.05) is 12.4 Å². The second-order valence-corrected chi connectivity index (χ2v) is 5.18. The van der Waals surface area contributed by atoms with Crippen molar-refractivity contribution in [3.05, 3.63) is 58.1 Å². The summed E-state index contributed by atoms with van der Waals surface area (Å²) in [6.07, 6.45) is 1.06. The Balaban J connectivity index is 2.10. The van der Waals surface area contributed by atoms with Gasteiger partial charge >= 0.3 is 0 Å². The molecule has 0 fully saturated rings. The summed E-state index contributed by atoms with van der Waals surface area (Å²) < 4.78 is 6.26. The summed E-state index contributed by atoms with van der Waals surface area (Å²) in [5.74, 6) is 0.841. The zero-order valence-electron chi connectivity index (χ0n) is 11.2. The number of ether oxygens (including phenoxy) is 1. The van der Waals surface area contributed by atoms with Crippen molar-refractivity contribution < 1.29 is 4.74 Å². The first kappa shape index (κ1) is 13.9. The lowest BCUT2D eigenvalue weighted by atomic mass is 10.1. The smallest absolute Gasteiger partial charge is 0.135 e. The normalized spacial score (nSPS) is 10.3. The largest absolute Gasteiger partial charge is 0.495 e. The van der Waals surface area contributed by atoms with Gasteiger partial charge in [0, 0.05) is 18.3 Å². The predicted molar refractivity (Wildman–Crippen MR) is 83.8 cm³/mol. The van der Waals surface area contributed by atoms with Gasteiger partial charge in [-0.15, -0.1) is 0 Å². The molecule has 0 saturated carbocycles. The van der Waals surface area contributed by atoms with Gasteiger partial charge in [-0.2, -0.15) is 0 Å². The maximum atomic E-state index is 5.30. The van der Waals surface area contributed by atoms with E-state index in [1.807, 2.05) is 18.2 Å². The number of methoxy groups -OCH3 is 1. The molecule has 0 heterocycles. The number of aryl methyl sites for hydroxylation is 1. The highest BCUT2D eigenvalue weighted by atomic mass is 79.9. The number of anilines is 1. The van der Waals surface area contributed by atoms with E-state index in [1.54, 1.807) is 7.11 Å². The molecule has 2 rings (SSSR count). The summed E-state index contributed by atoms with van der Waals surface area (Å²) in [5, 5.41) is 3.44. The van der Waals surface area contributed by atoms with Gasteiger partial charge < -0.3 is 10.1 Å². The highest BCUT2D eigenvalue weighted by molar-refractivity contribution is 9.10. The minimum Gasteiger partial charge on any atom is -0.495 e. The molecule has 0 atom stereocenters. The molecule has 3 heteroatoms. The number of nitrogens with one attached hydrogen (secondary N) is 1. The van der Waals surface area contributed by atoms with Gasteiger partial charge in [-0.05, 0) is 45.6 Å². The van der Waals surface area contributed by atoms with Crippen LogP contribution in [0, 0.1) is 0 Å². The van der Waals surface area contributed by atoms with Crippen molar-refractivity contribution >= 4 is 21.6 Å². The van der Waals surface area contributed by atoms with Gasteiger partial charge in [0.25, 0.3) is 0 Å². The van der Waals surface area contributed by atoms with Crippen LogP contribution in [-0.4, -0.2) is 7.11 Å².